The standard InChI is InChI=1S/C26H34N4O2S/c1-14-11-17(12-15(2)22(14)31-10-6-8-28-9-7-27)24-29-25(32-30-24)23-18-13-19-21(26(19,4)5)20(18)16(3)33-23/h11-12,19,21,28H,6-10,13,27H2,1-5H3/t19-,21-/m1/s1. The zero-order chi connectivity index (χ0) is 23.3. The molecule has 1 fully saturated rings. The van der Waals surface area contributed by atoms with Crippen LogP contribution in [0.2, 0.25) is 0 Å². The third-order valence-corrected chi connectivity index (χ3v) is 8.57. The highest BCUT2D eigenvalue weighted by Crippen LogP contribution is 2.72. The predicted octanol–water partition coefficient (Wildman–Crippen LogP) is 5.00. The number of aryl methyl sites for hydroxylation is 3. The Morgan fingerprint density at radius 3 is 2.70 bits per heavy atom. The smallest absolute Gasteiger partial charge is 0.268 e. The molecule has 0 radical (unpaired) electrons. The monoisotopic (exact) mass is 466 g/mol. The maximum absolute atomic E-state index is 6.06. The van der Waals surface area contributed by atoms with Crippen molar-refractivity contribution in [1.29, 1.82) is 0 Å². The largest absolute Gasteiger partial charge is 0.493 e. The molecule has 2 aliphatic rings. The van der Waals surface area contributed by atoms with Crippen molar-refractivity contribution >= 4 is 11.3 Å². The van der Waals surface area contributed by atoms with Gasteiger partial charge in [-0.05, 0) is 91.8 Å². The van der Waals surface area contributed by atoms with Crippen LogP contribution < -0.4 is 15.8 Å². The van der Waals surface area contributed by atoms with Gasteiger partial charge in [0.05, 0.1) is 11.5 Å². The highest BCUT2D eigenvalue weighted by atomic mass is 32.1. The van der Waals surface area contributed by atoms with E-state index in [1.54, 1.807) is 16.9 Å². The Balaban J connectivity index is 1.32. The van der Waals surface area contributed by atoms with Crippen LogP contribution in [0.3, 0.4) is 0 Å². The summed E-state index contributed by atoms with van der Waals surface area (Å²) in [5, 5.41) is 7.63. The Labute approximate surface area is 199 Å². The van der Waals surface area contributed by atoms with Gasteiger partial charge in [0, 0.05) is 23.5 Å². The number of hydrogen-bond donors (Lipinski definition) is 2. The van der Waals surface area contributed by atoms with Crippen LogP contribution in [-0.2, 0) is 6.42 Å². The number of nitrogens with zero attached hydrogens (tertiary/aromatic N) is 2. The third-order valence-electron chi connectivity index (χ3n) is 7.42. The zero-order valence-corrected chi connectivity index (χ0v) is 21.1. The van der Waals surface area contributed by atoms with Crippen molar-refractivity contribution in [3.8, 4) is 27.9 Å². The van der Waals surface area contributed by atoms with Gasteiger partial charge >= 0.3 is 0 Å². The molecule has 3 N–H and O–H groups in total. The summed E-state index contributed by atoms with van der Waals surface area (Å²) < 4.78 is 11.8. The fraction of sp³-hybridized carbons (Fsp3) is 0.538. The lowest BCUT2D eigenvalue weighted by atomic mass is 9.95. The van der Waals surface area contributed by atoms with Crippen molar-refractivity contribution in [3.63, 3.8) is 0 Å². The van der Waals surface area contributed by atoms with Gasteiger partial charge in [-0.25, -0.2) is 0 Å². The summed E-state index contributed by atoms with van der Waals surface area (Å²) in [7, 11) is 0. The topological polar surface area (TPSA) is 86.2 Å². The second-order valence-electron chi connectivity index (χ2n) is 10.1. The van der Waals surface area contributed by atoms with E-state index in [0.29, 0.717) is 36.2 Å². The van der Waals surface area contributed by atoms with E-state index in [0.717, 1.165) is 54.3 Å². The molecule has 0 aliphatic heterocycles. The van der Waals surface area contributed by atoms with Crippen LogP contribution in [0.4, 0.5) is 0 Å². The summed E-state index contributed by atoms with van der Waals surface area (Å²) in [5.41, 5.74) is 12.1. The molecule has 2 heterocycles. The average Bonchev–Trinajstić information content (AvgIpc) is 3.26. The molecule has 2 aromatic heterocycles. The number of nitrogens with two attached hydrogens (primary N) is 1. The van der Waals surface area contributed by atoms with Crippen LogP contribution >= 0.6 is 11.3 Å². The Bertz CT molecular complexity index is 1160. The molecule has 176 valence electrons. The molecule has 0 saturated heterocycles. The van der Waals surface area contributed by atoms with Gasteiger partial charge in [0.1, 0.15) is 5.75 Å². The van der Waals surface area contributed by atoms with Crippen LogP contribution in [0.1, 0.15) is 53.3 Å². The zero-order valence-electron chi connectivity index (χ0n) is 20.2. The van der Waals surface area contributed by atoms with Crippen molar-refractivity contribution in [1.82, 2.24) is 15.5 Å². The van der Waals surface area contributed by atoms with Crippen LogP contribution in [0, 0.1) is 32.1 Å². The highest BCUT2D eigenvalue weighted by Gasteiger charge is 2.63. The number of thiophene rings is 1. The second kappa shape index (κ2) is 8.53. The maximum Gasteiger partial charge on any atom is 0.268 e. The summed E-state index contributed by atoms with van der Waals surface area (Å²) in [4.78, 5) is 7.38. The second-order valence-corrected chi connectivity index (χ2v) is 11.3. The van der Waals surface area contributed by atoms with E-state index in [1.807, 2.05) is 0 Å². The number of ether oxygens (including phenoxy) is 1. The molecule has 0 unspecified atom stereocenters. The highest BCUT2D eigenvalue weighted by molar-refractivity contribution is 7.15. The molecule has 1 saturated carbocycles. The Kier molecular flexibility index (Phi) is 5.83. The van der Waals surface area contributed by atoms with Crippen molar-refractivity contribution in [3.05, 3.63) is 39.3 Å². The first-order valence-electron chi connectivity index (χ1n) is 11.9. The van der Waals surface area contributed by atoms with Gasteiger partial charge in [0.25, 0.3) is 5.89 Å². The van der Waals surface area contributed by atoms with Crippen LogP contribution in [0.15, 0.2) is 16.7 Å². The number of fused-ring (bicyclic) bond motifs is 3. The minimum Gasteiger partial charge on any atom is -0.493 e. The van der Waals surface area contributed by atoms with Gasteiger partial charge in [0.15, 0.2) is 0 Å². The molecule has 5 rings (SSSR count). The van der Waals surface area contributed by atoms with Gasteiger partial charge in [-0.2, -0.15) is 4.98 Å². The molecule has 0 spiro atoms. The normalized spacial score (nSPS) is 20.1. The predicted molar refractivity (Wildman–Crippen MR) is 133 cm³/mol. The first-order chi connectivity index (χ1) is 15.8. The lowest BCUT2D eigenvalue weighted by Gasteiger charge is -2.13. The summed E-state index contributed by atoms with van der Waals surface area (Å²) >= 11 is 1.81. The van der Waals surface area contributed by atoms with E-state index in [9.17, 15) is 0 Å². The van der Waals surface area contributed by atoms with Crippen molar-refractivity contribution in [2.24, 2.45) is 17.1 Å². The molecule has 3 aromatic rings. The quantitative estimate of drug-likeness (QED) is 0.432. The Morgan fingerprint density at radius 1 is 1.21 bits per heavy atom. The maximum atomic E-state index is 6.06. The fourth-order valence-electron chi connectivity index (χ4n) is 5.64. The number of benzene rings is 1. The van der Waals surface area contributed by atoms with E-state index in [1.165, 1.54) is 15.3 Å². The average molecular weight is 467 g/mol. The SMILES string of the molecule is Cc1cc(-c2noc(-c3sc(C)c4c3C[C@@H]3[C@H]4C3(C)C)n2)cc(C)c1OCCCNCCN. The van der Waals surface area contributed by atoms with Gasteiger partial charge in [-0.3, -0.25) is 0 Å². The molecule has 33 heavy (non-hydrogen) atoms. The van der Waals surface area contributed by atoms with Crippen LogP contribution in [0.5, 0.6) is 5.75 Å². The molecule has 2 atom stereocenters. The minimum absolute atomic E-state index is 0.440. The fourth-order valence-corrected chi connectivity index (χ4v) is 6.80. The van der Waals surface area contributed by atoms with E-state index < -0.39 is 0 Å². The Hall–Kier alpha value is -2.22. The minimum atomic E-state index is 0.440. The van der Waals surface area contributed by atoms with Crippen molar-refractivity contribution in [2.75, 3.05) is 26.2 Å². The summed E-state index contributed by atoms with van der Waals surface area (Å²) in [6.45, 7) is 14.2. The molecular weight excluding hydrogens is 432 g/mol. The summed E-state index contributed by atoms with van der Waals surface area (Å²) in [6, 6.07) is 4.18. The third kappa shape index (κ3) is 3.90. The molecule has 0 amide bonds. The van der Waals surface area contributed by atoms with Gasteiger partial charge in [-0.1, -0.05) is 19.0 Å². The molecule has 2 aliphatic carbocycles. The first-order valence-corrected chi connectivity index (χ1v) is 12.8. The Morgan fingerprint density at radius 2 is 1.97 bits per heavy atom. The lowest BCUT2D eigenvalue weighted by molar-refractivity contribution is 0.304. The van der Waals surface area contributed by atoms with E-state index in [2.05, 4.69) is 57.2 Å². The number of hydrogen-bond acceptors (Lipinski definition) is 7. The number of aromatic nitrogens is 2. The number of rotatable bonds is 9. The van der Waals surface area contributed by atoms with Crippen molar-refractivity contribution < 1.29 is 9.26 Å². The van der Waals surface area contributed by atoms with E-state index in [-0.39, 0.29) is 0 Å². The van der Waals surface area contributed by atoms with Crippen LogP contribution in [0.25, 0.3) is 22.2 Å². The first kappa shape index (κ1) is 22.6. The number of nitrogens with one attached hydrogen (secondary N) is 1. The van der Waals surface area contributed by atoms with Gasteiger partial charge in [0.2, 0.25) is 5.82 Å². The van der Waals surface area contributed by atoms with Gasteiger partial charge in [-0.15, -0.1) is 11.3 Å². The van der Waals surface area contributed by atoms with Crippen molar-refractivity contribution in [2.45, 2.75) is 53.4 Å². The molecular formula is C26H34N4O2S. The summed E-state index contributed by atoms with van der Waals surface area (Å²) in [5.74, 6) is 3.70. The molecule has 0 bridgehead atoms. The molecule has 7 heteroatoms. The van der Waals surface area contributed by atoms with Crippen LogP contribution in [-0.4, -0.2) is 36.4 Å². The molecule has 6 nitrogen and oxygen atoms in total. The van der Waals surface area contributed by atoms with Gasteiger partial charge < -0.3 is 20.3 Å². The van der Waals surface area contributed by atoms with E-state index >= 15 is 0 Å². The molecule has 1 aromatic carbocycles. The lowest BCUT2D eigenvalue weighted by Crippen LogP contribution is -2.24. The van der Waals surface area contributed by atoms with E-state index in [4.69, 9.17) is 20.0 Å². The summed E-state index contributed by atoms with van der Waals surface area (Å²) in [6.07, 6.45) is 2.08.